The summed E-state index contributed by atoms with van der Waals surface area (Å²) in [6.45, 7) is 4.98. The first-order valence-electron chi connectivity index (χ1n) is 11.0. The molecular weight excluding hydrogens is 392 g/mol. The fourth-order valence-corrected chi connectivity index (χ4v) is 4.94. The molecule has 6 heteroatoms. The van der Waals surface area contributed by atoms with Gasteiger partial charge in [-0.05, 0) is 30.2 Å². The number of piperazine rings is 1. The van der Waals surface area contributed by atoms with Crippen LogP contribution < -0.4 is 4.74 Å². The highest BCUT2D eigenvalue weighted by Gasteiger charge is 2.48. The predicted molar refractivity (Wildman–Crippen MR) is 118 cm³/mol. The smallest absolute Gasteiger partial charge is 0.310 e. The molecule has 0 aliphatic carbocycles. The summed E-state index contributed by atoms with van der Waals surface area (Å²) in [7, 11) is 1.63. The lowest BCUT2D eigenvalue weighted by atomic mass is 9.83. The van der Waals surface area contributed by atoms with Gasteiger partial charge in [0.15, 0.2) is 0 Å². The van der Waals surface area contributed by atoms with Crippen LogP contribution in [-0.2, 0) is 20.7 Å². The van der Waals surface area contributed by atoms with Gasteiger partial charge in [0.1, 0.15) is 5.75 Å². The van der Waals surface area contributed by atoms with Gasteiger partial charge in [-0.3, -0.25) is 14.5 Å². The van der Waals surface area contributed by atoms with Crippen molar-refractivity contribution in [3.05, 3.63) is 65.7 Å². The van der Waals surface area contributed by atoms with Gasteiger partial charge in [-0.15, -0.1) is 0 Å². The van der Waals surface area contributed by atoms with Crippen molar-refractivity contribution in [1.29, 1.82) is 0 Å². The second-order valence-corrected chi connectivity index (χ2v) is 8.23. The van der Waals surface area contributed by atoms with E-state index in [1.165, 1.54) is 0 Å². The van der Waals surface area contributed by atoms with E-state index in [0.717, 1.165) is 23.4 Å². The standard InChI is InChI=1S/C25H30N2O4/c1-3-31-25(29)21-16-26-12-13-27(17-22(26)24(21)19-9-5-4-6-10-19)23(28)15-18-8-7-11-20(14-18)30-2/h4-11,14,21-22,24H,3,12-13,15-17H2,1-2H3/t21-,22-,24+/m1/s1. The van der Waals surface area contributed by atoms with Gasteiger partial charge in [0.2, 0.25) is 5.91 Å². The molecule has 2 aliphatic rings. The largest absolute Gasteiger partial charge is 0.497 e. The third-order valence-electron chi connectivity index (χ3n) is 6.43. The molecule has 6 nitrogen and oxygen atoms in total. The summed E-state index contributed by atoms with van der Waals surface area (Å²) >= 11 is 0. The number of esters is 1. The van der Waals surface area contributed by atoms with Crippen LogP contribution in [0.1, 0.15) is 24.0 Å². The monoisotopic (exact) mass is 422 g/mol. The van der Waals surface area contributed by atoms with Gasteiger partial charge in [-0.2, -0.15) is 0 Å². The average Bonchev–Trinajstić information content (AvgIpc) is 3.19. The number of fused-ring (bicyclic) bond motifs is 1. The minimum atomic E-state index is -0.208. The van der Waals surface area contributed by atoms with Crippen molar-refractivity contribution < 1.29 is 19.1 Å². The van der Waals surface area contributed by atoms with Gasteiger partial charge in [-0.1, -0.05) is 42.5 Å². The highest BCUT2D eigenvalue weighted by molar-refractivity contribution is 5.79. The van der Waals surface area contributed by atoms with E-state index in [0.29, 0.717) is 32.7 Å². The molecule has 0 bridgehead atoms. The summed E-state index contributed by atoms with van der Waals surface area (Å²) in [6.07, 6.45) is 0.348. The van der Waals surface area contributed by atoms with Crippen molar-refractivity contribution in [2.24, 2.45) is 5.92 Å². The molecule has 2 aliphatic heterocycles. The van der Waals surface area contributed by atoms with E-state index < -0.39 is 0 Å². The zero-order chi connectivity index (χ0) is 21.8. The minimum Gasteiger partial charge on any atom is -0.497 e. The zero-order valence-electron chi connectivity index (χ0n) is 18.2. The molecule has 31 heavy (non-hydrogen) atoms. The number of hydrogen-bond acceptors (Lipinski definition) is 5. The SMILES string of the molecule is CCOC(=O)[C@@H]1CN2CCN(C(=O)Cc3cccc(OC)c3)C[C@@H]2[C@H]1c1ccccc1. The van der Waals surface area contributed by atoms with Gasteiger partial charge >= 0.3 is 5.97 Å². The molecule has 2 fully saturated rings. The topological polar surface area (TPSA) is 59.1 Å². The summed E-state index contributed by atoms with van der Waals surface area (Å²) < 4.78 is 10.7. The summed E-state index contributed by atoms with van der Waals surface area (Å²) in [5.74, 6) is 0.542. The summed E-state index contributed by atoms with van der Waals surface area (Å²) in [5.41, 5.74) is 2.08. The zero-order valence-corrected chi connectivity index (χ0v) is 18.2. The van der Waals surface area contributed by atoms with E-state index in [-0.39, 0.29) is 29.8 Å². The Kier molecular flexibility index (Phi) is 6.56. The lowest BCUT2D eigenvalue weighted by molar-refractivity contribution is -0.148. The van der Waals surface area contributed by atoms with Gasteiger partial charge in [-0.25, -0.2) is 0 Å². The van der Waals surface area contributed by atoms with E-state index in [4.69, 9.17) is 9.47 Å². The van der Waals surface area contributed by atoms with Gasteiger partial charge in [0.05, 0.1) is 26.1 Å². The van der Waals surface area contributed by atoms with Crippen LogP contribution in [0, 0.1) is 5.92 Å². The molecule has 0 unspecified atom stereocenters. The van der Waals surface area contributed by atoms with Crippen LogP contribution in [0.5, 0.6) is 5.75 Å². The molecule has 4 rings (SSSR count). The predicted octanol–water partition coefficient (Wildman–Crippen LogP) is 2.73. The van der Waals surface area contributed by atoms with Crippen LogP contribution in [0.15, 0.2) is 54.6 Å². The number of carbonyl (C=O) groups is 2. The van der Waals surface area contributed by atoms with Crippen LogP contribution in [0.4, 0.5) is 0 Å². The molecule has 3 atom stereocenters. The van der Waals surface area contributed by atoms with E-state index in [2.05, 4.69) is 17.0 Å². The molecule has 164 valence electrons. The molecule has 1 amide bonds. The first kappa shape index (κ1) is 21.4. The Morgan fingerprint density at radius 3 is 2.58 bits per heavy atom. The summed E-state index contributed by atoms with van der Waals surface area (Å²) in [5, 5.41) is 0. The first-order valence-corrected chi connectivity index (χ1v) is 11.0. The second kappa shape index (κ2) is 9.52. The maximum atomic E-state index is 13.1. The van der Waals surface area contributed by atoms with Crippen LogP contribution >= 0.6 is 0 Å². The Hall–Kier alpha value is -2.86. The molecule has 2 saturated heterocycles. The van der Waals surface area contributed by atoms with Gasteiger partial charge in [0, 0.05) is 38.1 Å². The second-order valence-electron chi connectivity index (χ2n) is 8.23. The number of nitrogens with zero attached hydrogens (tertiary/aromatic N) is 2. The number of hydrogen-bond donors (Lipinski definition) is 0. The van der Waals surface area contributed by atoms with E-state index in [9.17, 15) is 9.59 Å². The first-order chi connectivity index (χ1) is 15.1. The summed E-state index contributed by atoms with van der Waals surface area (Å²) in [4.78, 5) is 30.1. The van der Waals surface area contributed by atoms with Crippen molar-refractivity contribution >= 4 is 11.9 Å². The van der Waals surface area contributed by atoms with E-state index in [1.807, 2.05) is 54.3 Å². The molecule has 2 aromatic carbocycles. The lowest BCUT2D eigenvalue weighted by Crippen LogP contribution is -2.53. The Balaban J connectivity index is 1.52. The minimum absolute atomic E-state index is 0.0210. The van der Waals surface area contributed by atoms with Crippen LogP contribution in [-0.4, -0.2) is 67.6 Å². The van der Waals surface area contributed by atoms with Gasteiger partial charge < -0.3 is 14.4 Å². The van der Waals surface area contributed by atoms with E-state index >= 15 is 0 Å². The molecule has 0 N–H and O–H groups in total. The third-order valence-corrected chi connectivity index (χ3v) is 6.43. The number of rotatable bonds is 6. The quantitative estimate of drug-likeness (QED) is 0.670. The number of ether oxygens (including phenoxy) is 2. The van der Waals surface area contributed by atoms with Crippen molar-refractivity contribution in [3.63, 3.8) is 0 Å². The van der Waals surface area contributed by atoms with E-state index in [1.54, 1.807) is 7.11 Å². The van der Waals surface area contributed by atoms with Crippen molar-refractivity contribution in [1.82, 2.24) is 9.80 Å². The molecule has 0 radical (unpaired) electrons. The third kappa shape index (κ3) is 4.59. The van der Waals surface area contributed by atoms with Crippen molar-refractivity contribution in [3.8, 4) is 5.75 Å². The van der Waals surface area contributed by atoms with Crippen molar-refractivity contribution in [2.45, 2.75) is 25.3 Å². The maximum Gasteiger partial charge on any atom is 0.310 e. The number of amides is 1. The number of methoxy groups -OCH3 is 1. The molecular formula is C25H30N2O4. The maximum absolute atomic E-state index is 13.1. The fourth-order valence-electron chi connectivity index (χ4n) is 4.94. The molecule has 2 aromatic rings. The molecule has 0 aromatic heterocycles. The number of benzene rings is 2. The Bertz CT molecular complexity index is 917. The normalized spacial score (nSPS) is 23.3. The van der Waals surface area contributed by atoms with Crippen LogP contribution in [0.3, 0.4) is 0 Å². The van der Waals surface area contributed by atoms with Crippen molar-refractivity contribution in [2.75, 3.05) is 39.9 Å². The highest BCUT2D eigenvalue weighted by atomic mass is 16.5. The Morgan fingerprint density at radius 2 is 1.84 bits per heavy atom. The van der Waals surface area contributed by atoms with Gasteiger partial charge in [0.25, 0.3) is 0 Å². The average molecular weight is 423 g/mol. The summed E-state index contributed by atoms with van der Waals surface area (Å²) in [6, 6.07) is 17.9. The Morgan fingerprint density at radius 1 is 1.03 bits per heavy atom. The number of carbonyl (C=O) groups excluding carboxylic acids is 2. The molecule has 0 saturated carbocycles. The lowest BCUT2D eigenvalue weighted by Gasteiger charge is -2.39. The highest BCUT2D eigenvalue weighted by Crippen LogP contribution is 2.40. The molecule has 0 spiro atoms. The van der Waals surface area contributed by atoms with Crippen LogP contribution in [0.25, 0.3) is 0 Å². The fraction of sp³-hybridized carbons (Fsp3) is 0.440. The molecule has 2 heterocycles. The van der Waals surface area contributed by atoms with Crippen LogP contribution in [0.2, 0.25) is 0 Å². The Labute approximate surface area is 183 Å².